The zero-order valence-electron chi connectivity index (χ0n) is 17.0. The van der Waals surface area contributed by atoms with E-state index in [4.69, 9.17) is 32.7 Å². The number of aryl methyl sites for hydroxylation is 1. The lowest BCUT2D eigenvalue weighted by Crippen LogP contribution is -2.36. The van der Waals surface area contributed by atoms with Gasteiger partial charge in [-0.1, -0.05) is 35.8 Å². The van der Waals surface area contributed by atoms with Crippen molar-refractivity contribution in [3.05, 3.63) is 93.7 Å². The molecule has 156 valence electrons. The number of para-hydroxylation sites is 1. The first kappa shape index (κ1) is 19.9. The second-order valence-electron chi connectivity index (χ2n) is 7.61. The van der Waals surface area contributed by atoms with E-state index in [9.17, 15) is 0 Å². The summed E-state index contributed by atoms with van der Waals surface area (Å²) in [6.45, 7) is 7.24. The van der Waals surface area contributed by atoms with E-state index < -0.39 is 0 Å². The third kappa shape index (κ3) is 3.54. The Morgan fingerprint density at radius 3 is 2.65 bits per heavy atom. The van der Waals surface area contributed by atoms with Gasteiger partial charge in [0.25, 0.3) is 0 Å². The Morgan fingerprint density at radius 1 is 1.13 bits per heavy atom. The Balaban J connectivity index is 1.70. The lowest BCUT2D eigenvalue weighted by molar-refractivity contribution is 0.572. The second kappa shape index (κ2) is 7.91. The van der Waals surface area contributed by atoms with Crippen LogP contribution in [0.15, 0.2) is 82.1 Å². The smallest absolute Gasteiger partial charge is 0.181 e. The van der Waals surface area contributed by atoms with Crippen LogP contribution in [0.1, 0.15) is 24.0 Å². The Kier molecular flexibility index (Phi) is 5.08. The number of aromatic nitrogens is 1. The van der Waals surface area contributed by atoms with Gasteiger partial charge >= 0.3 is 0 Å². The Hall–Kier alpha value is -3.02. The number of anilines is 1. The van der Waals surface area contributed by atoms with E-state index >= 15 is 0 Å². The molecule has 0 saturated carbocycles. The van der Waals surface area contributed by atoms with Crippen LogP contribution in [0.3, 0.4) is 0 Å². The van der Waals surface area contributed by atoms with Gasteiger partial charge in [0, 0.05) is 23.2 Å². The summed E-state index contributed by atoms with van der Waals surface area (Å²) in [4.78, 5) is 4.05. The van der Waals surface area contributed by atoms with Gasteiger partial charge in [0.2, 0.25) is 0 Å². The van der Waals surface area contributed by atoms with Crippen molar-refractivity contribution in [3.8, 4) is 11.3 Å². The average Bonchev–Trinajstić information content (AvgIpc) is 3.30. The lowest BCUT2D eigenvalue weighted by atomic mass is 9.90. The number of hydrazone groups is 1. The Morgan fingerprint density at radius 2 is 1.90 bits per heavy atom. The van der Waals surface area contributed by atoms with Crippen LogP contribution < -0.4 is 10.3 Å². The van der Waals surface area contributed by atoms with Crippen molar-refractivity contribution in [1.82, 2.24) is 10.3 Å². The average molecular weight is 451 g/mol. The van der Waals surface area contributed by atoms with Crippen LogP contribution in [0.25, 0.3) is 11.3 Å². The quantitative estimate of drug-likeness (QED) is 0.506. The number of nitrogens with one attached hydrogen (secondary N) is 1. The fourth-order valence-electron chi connectivity index (χ4n) is 4.08. The minimum Gasteiger partial charge on any atom is -0.444 e. The van der Waals surface area contributed by atoms with Gasteiger partial charge in [-0.2, -0.15) is 5.10 Å². The molecule has 2 aliphatic rings. The number of nitrogens with zero attached hydrogens (tertiary/aromatic N) is 3. The van der Waals surface area contributed by atoms with Crippen molar-refractivity contribution in [2.24, 2.45) is 5.10 Å². The van der Waals surface area contributed by atoms with Crippen LogP contribution >= 0.6 is 23.2 Å². The summed E-state index contributed by atoms with van der Waals surface area (Å²) in [5.74, 6) is 0.716. The lowest BCUT2D eigenvalue weighted by Gasteiger charge is -2.35. The Bertz CT molecular complexity index is 1220. The standard InChI is InChI=1S/C24H20Cl2N4O/c1-14-9-16(21-12-27-13-31-21)11-17(10-14)23-18-5-4-8-28-22(18)15(2)30(29-23)24-19(25)6-3-7-20(24)26/h3,6-7,9-13,28H,2,4-5,8H2,1H3. The fraction of sp³-hybridized carbons (Fsp3) is 0.167. The molecule has 0 aliphatic carbocycles. The molecule has 31 heavy (non-hydrogen) atoms. The molecule has 0 fully saturated rings. The summed E-state index contributed by atoms with van der Waals surface area (Å²) >= 11 is 13.0. The molecule has 0 saturated heterocycles. The number of hydrogen-bond acceptors (Lipinski definition) is 5. The van der Waals surface area contributed by atoms with Crippen LogP contribution in [-0.4, -0.2) is 17.2 Å². The summed E-state index contributed by atoms with van der Waals surface area (Å²) in [5.41, 5.74) is 7.39. The van der Waals surface area contributed by atoms with Gasteiger partial charge in [0.15, 0.2) is 12.2 Å². The van der Waals surface area contributed by atoms with Gasteiger partial charge in [-0.15, -0.1) is 0 Å². The third-order valence-corrected chi connectivity index (χ3v) is 6.06. The molecule has 3 aromatic rings. The second-order valence-corrected chi connectivity index (χ2v) is 8.43. The van der Waals surface area contributed by atoms with E-state index in [2.05, 4.69) is 42.0 Å². The van der Waals surface area contributed by atoms with Gasteiger partial charge in [0.1, 0.15) is 5.69 Å². The van der Waals surface area contributed by atoms with E-state index in [0.717, 1.165) is 58.8 Å². The first-order chi connectivity index (χ1) is 15.0. The highest BCUT2D eigenvalue weighted by Crippen LogP contribution is 2.41. The molecule has 0 atom stereocenters. The molecule has 7 heteroatoms. The molecule has 0 amide bonds. The van der Waals surface area contributed by atoms with Crippen molar-refractivity contribution in [2.45, 2.75) is 19.8 Å². The van der Waals surface area contributed by atoms with Crippen LogP contribution in [0.2, 0.25) is 10.0 Å². The molecule has 0 unspecified atom stereocenters. The molecular formula is C24H20Cl2N4O. The van der Waals surface area contributed by atoms with Gasteiger partial charge < -0.3 is 9.73 Å². The van der Waals surface area contributed by atoms with E-state index in [0.29, 0.717) is 21.5 Å². The van der Waals surface area contributed by atoms with Gasteiger partial charge in [0.05, 0.1) is 33.3 Å². The van der Waals surface area contributed by atoms with E-state index in [-0.39, 0.29) is 0 Å². The number of benzene rings is 2. The molecule has 0 spiro atoms. The van der Waals surface area contributed by atoms with Crippen molar-refractivity contribution in [1.29, 1.82) is 0 Å². The molecule has 0 radical (unpaired) electrons. The molecule has 2 aliphatic heterocycles. The van der Waals surface area contributed by atoms with Gasteiger partial charge in [-0.25, -0.2) is 9.99 Å². The topological polar surface area (TPSA) is 53.7 Å². The van der Waals surface area contributed by atoms with Gasteiger partial charge in [-0.05, 0) is 55.7 Å². The minimum absolute atomic E-state index is 0.517. The molecule has 5 rings (SSSR count). The van der Waals surface area contributed by atoms with Crippen LogP contribution in [0.4, 0.5) is 5.69 Å². The summed E-state index contributed by atoms with van der Waals surface area (Å²) < 4.78 is 5.53. The maximum absolute atomic E-state index is 6.52. The molecule has 1 N–H and O–H groups in total. The van der Waals surface area contributed by atoms with Crippen molar-refractivity contribution in [2.75, 3.05) is 11.6 Å². The number of hydrogen-bond donors (Lipinski definition) is 1. The highest BCUT2D eigenvalue weighted by atomic mass is 35.5. The third-order valence-electron chi connectivity index (χ3n) is 5.45. The number of oxazole rings is 1. The van der Waals surface area contributed by atoms with Crippen molar-refractivity contribution < 1.29 is 4.42 Å². The summed E-state index contributed by atoms with van der Waals surface area (Å²) in [6, 6.07) is 11.7. The number of rotatable bonds is 3. The molecular weight excluding hydrogens is 431 g/mol. The monoisotopic (exact) mass is 450 g/mol. The van der Waals surface area contributed by atoms with E-state index in [1.165, 1.54) is 6.39 Å². The van der Waals surface area contributed by atoms with Crippen LogP contribution in [0, 0.1) is 6.92 Å². The zero-order chi connectivity index (χ0) is 21.5. The number of halogens is 2. The molecule has 2 aromatic carbocycles. The summed E-state index contributed by atoms with van der Waals surface area (Å²) in [6.07, 6.45) is 5.09. The zero-order valence-corrected chi connectivity index (χ0v) is 18.5. The predicted octanol–water partition coefficient (Wildman–Crippen LogP) is 6.33. The van der Waals surface area contributed by atoms with Crippen LogP contribution in [0.5, 0.6) is 0 Å². The van der Waals surface area contributed by atoms with Crippen molar-refractivity contribution >= 4 is 34.6 Å². The first-order valence-electron chi connectivity index (χ1n) is 10.0. The Labute approximate surface area is 190 Å². The fourth-order valence-corrected chi connectivity index (χ4v) is 4.64. The van der Waals surface area contributed by atoms with Gasteiger partial charge in [-0.3, -0.25) is 0 Å². The van der Waals surface area contributed by atoms with E-state index in [1.807, 2.05) is 6.07 Å². The molecule has 1 aromatic heterocycles. The van der Waals surface area contributed by atoms with E-state index in [1.54, 1.807) is 23.3 Å². The highest BCUT2D eigenvalue weighted by molar-refractivity contribution is 6.39. The first-order valence-corrected chi connectivity index (χ1v) is 10.8. The summed E-state index contributed by atoms with van der Waals surface area (Å²) in [7, 11) is 0. The maximum atomic E-state index is 6.52. The minimum atomic E-state index is 0.517. The maximum Gasteiger partial charge on any atom is 0.181 e. The number of allylic oxidation sites excluding steroid dienone is 1. The molecule has 3 heterocycles. The summed E-state index contributed by atoms with van der Waals surface area (Å²) in [5, 5.41) is 11.3. The van der Waals surface area contributed by atoms with Crippen molar-refractivity contribution in [3.63, 3.8) is 0 Å². The predicted molar refractivity (Wildman–Crippen MR) is 126 cm³/mol. The van der Waals surface area contributed by atoms with Crippen LogP contribution in [-0.2, 0) is 0 Å². The molecule has 5 nitrogen and oxygen atoms in total. The molecule has 0 bridgehead atoms. The highest BCUT2D eigenvalue weighted by Gasteiger charge is 2.31. The largest absolute Gasteiger partial charge is 0.444 e. The SMILES string of the molecule is C=C1C2=C(CCCN2)C(c2cc(C)cc(-c3cnco3)c2)=NN1c1c(Cl)cccc1Cl. The normalized spacial score (nSPS) is 16.2.